The Morgan fingerprint density at radius 2 is 1.92 bits per heavy atom. The molecule has 1 aromatic rings. The second-order valence-electron chi connectivity index (χ2n) is 6.15. The van der Waals surface area contributed by atoms with Crippen LogP contribution in [0.25, 0.3) is 0 Å². The van der Waals surface area contributed by atoms with E-state index in [-0.39, 0.29) is 17.7 Å². The van der Waals surface area contributed by atoms with E-state index >= 15 is 0 Å². The zero-order valence-corrected chi connectivity index (χ0v) is 16.3. The number of likely N-dealkylation sites (tertiary alicyclic amines) is 1. The van der Waals surface area contributed by atoms with Crippen molar-refractivity contribution in [1.82, 2.24) is 9.80 Å². The van der Waals surface area contributed by atoms with Gasteiger partial charge in [-0.15, -0.1) is 0 Å². The van der Waals surface area contributed by atoms with Crippen LogP contribution >= 0.6 is 34.2 Å². The summed E-state index contributed by atoms with van der Waals surface area (Å²) < 4.78 is 6.19. The molecule has 0 aliphatic carbocycles. The molecule has 0 radical (unpaired) electrons. The number of benzene rings is 1. The molecule has 0 bridgehead atoms. The minimum Gasteiger partial charge on any atom is -0.378 e. The Hall–Kier alpha value is -0.860. The highest BCUT2D eigenvalue weighted by atomic mass is 127. The average Bonchev–Trinajstić information content (AvgIpc) is 2.63. The quantitative estimate of drug-likeness (QED) is 0.635. The number of hydrogen-bond acceptors (Lipinski definition) is 3. The lowest BCUT2D eigenvalue weighted by molar-refractivity contribution is -0.141. The van der Waals surface area contributed by atoms with Crippen LogP contribution in [0.4, 0.5) is 0 Å². The van der Waals surface area contributed by atoms with Gasteiger partial charge in [-0.2, -0.15) is 0 Å². The molecule has 0 saturated carbocycles. The van der Waals surface area contributed by atoms with Crippen LogP contribution < -0.4 is 0 Å². The summed E-state index contributed by atoms with van der Waals surface area (Å²) in [4.78, 5) is 29.2. The summed E-state index contributed by atoms with van der Waals surface area (Å²) in [6.07, 6.45) is 1.69. The van der Waals surface area contributed by atoms with Crippen molar-refractivity contribution in [3.05, 3.63) is 32.4 Å². The highest BCUT2D eigenvalue weighted by Gasteiger charge is 2.32. The summed E-state index contributed by atoms with van der Waals surface area (Å²) in [7, 11) is 0. The number of hydrogen-bond donors (Lipinski definition) is 0. The van der Waals surface area contributed by atoms with Crippen LogP contribution in [0, 0.1) is 9.49 Å². The highest BCUT2D eigenvalue weighted by molar-refractivity contribution is 14.1. The Labute approximate surface area is 160 Å². The molecule has 2 fully saturated rings. The molecule has 0 spiro atoms. The van der Waals surface area contributed by atoms with Crippen LogP contribution in [0.3, 0.4) is 0 Å². The van der Waals surface area contributed by atoms with Gasteiger partial charge in [0.1, 0.15) is 0 Å². The average molecular weight is 463 g/mol. The van der Waals surface area contributed by atoms with Crippen molar-refractivity contribution in [3.8, 4) is 0 Å². The van der Waals surface area contributed by atoms with Gasteiger partial charge < -0.3 is 14.5 Å². The van der Waals surface area contributed by atoms with Crippen LogP contribution in [0.5, 0.6) is 0 Å². The van der Waals surface area contributed by atoms with Crippen molar-refractivity contribution in [3.63, 3.8) is 0 Å². The molecule has 24 heavy (non-hydrogen) atoms. The Kier molecular flexibility index (Phi) is 5.99. The fraction of sp³-hybridized carbons (Fsp3) is 0.529. The number of ether oxygens (including phenoxy) is 1. The normalized spacial score (nSPS) is 21.7. The lowest BCUT2D eigenvalue weighted by Gasteiger charge is -2.36. The van der Waals surface area contributed by atoms with Gasteiger partial charge in [-0.25, -0.2) is 0 Å². The molecule has 2 amide bonds. The van der Waals surface area contributed by atoms with E-state index in [1.807, 2.05) is 11.0 Å². The fourth-order valence-electron chi connectivity index (χ4n) is 3.24. The maximum atomic E-state index is 12.8. The SMILES string of the molecule is O=C(c1cc(Cl)ccc1I)N1CCCC(C(=O)N2CCOCC2)C1. The third-order valence-corrected chi connectivity index (χ3v) is 5.72. The van der Waals surface area contributed by atoms with Gasteiger partial charge >= 0.3 is 0 Å². The summed E-state index contributed by atoms with van der Waals surface area (Å²) in [5.41, 5.74) is 0.613. The van der Waals surface area contributed by atoms with E-state index in [1.54, 1.807) is 17.0 Å². The Morgan fingerprint density at radius 1 is 1.17 bits per heavy atom. The number of piperidine rings is 1. The molecule has 7 heteroatoms. The first-order chi connectivity index (χ1) is 11.6. The van der Waals surface area contributed by atoms with E-state index < -0.39 is 0 Å². The topological polar surface area (TPSA) is 49.9 Å². The Morgan fingerprint density at radius 3 is 2.67 bits per heavy atom. The first-order valence-electron chi connectivity index (χ1n) is 8.17. The number of nitrogens with zero attached hydrogens (tertiary/aromatic N) is 2. The predicted molar refractivity (Wildman–Crippen MR) is 100 cm³/mol. The van der Waals surface area contributed by atoms with Crippen LogP contribution in [-0.2, 0) is 9.53 Å². The first kappa shape index (κ1) is 17.9. The number of amides is 2. The molecule has 2 heterocycles. The second kappa shape index (κ2) is 8.01. The van der Waals surface area contributed by atoms with Gasteiger partial charge in [-0.3, -0.25) is 9.59 Å². The number of rotatable bonds is 2. The van der Waals surface area contributed by atoms with Crippen molar-refractivity contribution >= 4 is 46.0 Å². The van der Waals surface area contributed by atoms with Gasteiger partial charge in [0.2, 0.25) is 5.91 Å². The van der Waals surface area contributed by atoms with Crippen molar-refractivity contribution in [2.75, 3.05) is 39.4 Å². The standard InChI is InChI=1S/C17H20ClIN2O3/c18-13-3-4-15(19)14(10-13)17(23)21-5-1-2-12(11-21)16(22)20-6-8-24-9-7-20/h3-4,10,12H,1-2,5-9,11H2. The van der Waals surface area contributed by atoms with Crippen molar-refractivity contribution < 1.29 is 14.3 Å². The zero-order valence-electron chi connectivity index (χ0n) is 13.3. The predicted octanol–water partition coefficient (Wildman–Crippen LogP) is 2.66. The molecule has 2 aliphatic rings. The summed E-state index contributed by atoms with van der Waals surface area (Å²) in [6, 6.07) is 5.33. The molecule has 0 aromatic heterocycles. The monoisotopic (exact) mass is 462 g/mol. The number of carbonyl (C=O) groups excluding carboxylic acids is 2. The largest absolute Gasteiger partial charge is 0.378 e. The van der Waals surface area contributed by atoms with E-state index in [0.717, 1.165) is 16.4 Å². The van der Waals surface area contributed by atoms with Crippen LogP contribution in [0.2, 0.25) is 5.02 Å². The number of carbonyl (C=O) groups is 2. The van der Waals surface area contributed by atoms with E-state index in [9.17, 15) is 9.59 Å². The third-order valence-electron chi connectivity index (χ3n) is 4.54. The summed E-state index contributed by atoms with van der Waals surface area (Å²) in [6.45, 7) is 3.67. The fourth-order valence-corrected chi connectivity index (χ4v) is 3.98. The van der Waals surface area contributed by atoms with Crippen LogP contribution in [-0.4, -0.2) is 61.0 Å². The Balaban J connectivity index is 1.69. The van der Waals surface area contributed by atoms with Gasteiger partial charge in [-0.1, -0.05) is 11.6 Å². The van der Waals surface area contributed by atoms with E-state index in [2.05, 4.69) is 22.6 Å². The van der Waals surface area contributed by atoms with Gasteiger partial charge in [0.25, 0.3) is 5.91 Å². The van der Waals surface area contributed by atoms with Gasteiger partial charge in [0.15, 0.2) is 0 Å². The minimum absolute atomic E-state index is 0.0404. The minimum atomic E-state index is -0.113. The maximum absolute atomic E-state index is 12.8. The Bertz CT molecular complexity index is 634. The molecule has 5 nitrogen and oxygen atoms in total. The molecule has 1 atom stereocenters. The van der Waals surface area contributed by atoms with Gasteiger partial charge in [0, 0.05) is 34.8 Å². The summed E-state index contributed by atoms with van der Waals surface area (Å²) in [5, 5.41) is 0.553. The molecule has 1 unspecified atom stereocenters. The summed E-state index contributed by atoms with van der Waals surface area (Å²) >= 11 is 8.18. The van der Waals surface area contributed by atoms with Crippen molar-refractivity contribution in [2.24, 2.45) is 5.92 Å². The molecule has 1 aromatic carbocycles. The molecule has 0 N–H and O–H groups in total. The molecular formula is C17H20ClIN2O3. The number of morpholine rings is 1. The third kappa shape index (κ3) is 4.03. The van der Waals surface area contributed by atoms with Crippen molar-refractivity contribution in [1.29, 1.82) is 0 Å². The lowest BCUT2D eigenvalue weighted by atomic mass is 9.95. The molecule has 130 valence electrons. The molecule has 3 rings (SSSR count). The maximum Gasteiger partial charge on any atom is 0.255 e. The molecule has 2 saturated heterocycles. The zero-order chi connectivity index (χ0) is 17.1. The van der Waals surface area contributed by atoms with E-state index in [4.69, 9.17) is 16.3 Å². The lowest BCUT2D eigenvalue weighted by Crippen LogP contribution is -2.49. The smallest absolute Gasteiger partial charge is 0.255 e. The van der Waals surface area contributed by atoms with Gasteiger partial charge in [-0.05, 0) is 53.6 Å². The first-order valence-corrected chi connectivity index (χ1v) is 9.63. The molecular weight excluding hydrogens is 443 g/mol. The van der Waals surface area contributed by atoms with Crippen molar-refractivity contribution in [2.45, 2.75) is 12.8 Å². The summed E-state index contributed by atoms with van der Waals surface area (Å²) in [5.74, 6) is -0.00406. The van der Waals surface area contributed by atoms with Crippen LogP contribution in [0.15, 0.2) is 18.2 Å². The van der Waals surface area contributed by atoms with E-state index in [0.29, 0.717) is 50.0 Å². The van der Waals surface area contributed by atoms with E-state index in [1.165, 1.54) is 0 Å². The second-order valence-corrected chi connectivity index (χ2v) is 7.75. The highest BCUT2D eigenvalue weighted by Crippen LogP contribution is 2.24. The van der Waals surface area contributed by atoms with Gasteiger partial charge in [0.05, 0.1) is 24.7 Å². The number of halogens is 2. The molecule has 2 aliphatic heterocycles. The van der Waals surface area contributed by atoms with Crippen LogP contribution in [0.1, 0.15) is 23.2 Å².